The predicted molar refractivity (Wildman–Crippen MR) is 81.9 cm³/mol. The summed E-state index contributed by atoms with van der Waals surface area (Å²) < 4.78 is 0. The topological polar surface area (TPSA) is 86.9 Å². The molecule has 1 amide bonds. The predicted octanol–water partition coefficient (Wildman–Crippen LogP) is 1.57. The average molecular weight is 307 g/mol. The molecule has 21 heavy (non-hydrogen) atoms. The van der Waals surface area contributed by atoms with Crippen LogP contribution in [0.2, 0.25) is 5.02 Å². The third-order valence-electron chi connectivity index (χ3n) is 2.84. The molecule has 0 atom stereocenters. The largest absolute Gasteiger partial charge is 0.381 e. The number of anilines is 1. The molecule has 0 bridgehead atoms. The van der Waals surface area contributed by atoms with Crippen LogP contribution in [0.1, 0.15) is 15.9 Å². The first-order valence-corrected chi connectivity index (χ1v) is 6.77. The van der Waals surface area contributed by atoms with Gasteiger partial charge in [0.05, 0.1) is 11.9 Å². The van der Waals surface area contributed by atoms with Crippen LogP contribution in [0.3, 0.4) is 0 Å². The van der Waals surface area contributed by atoms with E-state index in [1.165, 1.54) is 6.20 Å². The standard InChI is InChI=1S/C14H15ClN4O2/c1-9-2-4-10(5-3-9)13(20)17-7-6-16-11-8-18-19-14(21)12(11)15/h2-5,8H,6-7H2,1H3,(H,17,20)(H2,16,19,21). The van der Waals surface area contributed by atoms with E-state index in [1.54, 1.807) is 12.1 Å². The maximum Gasteiger partial charge on any atom is 0.285 e. The van der Waals surface area contributed by atoms with Crippen LogP contribution in [0.5, 0.6) is 0 Å². The van der Waals surface area contributed by atoms with Crippen molar-refractivity contribution in [2.24, 2.45) is 0 Å². The highest BCUT2D eigenvalue weighted by molar-refractivity contribution is 6.32. The Hall–Kier alpha value is -2.34. The fourth-order valence-corrected chi connectivity index (χ4v) is 1.84. The molecule has 2 aromatic rings. The van der Waals surface area contributed by atoms with Crippen LogP contribution in [-0.4, -0.2) is 29.2 Å². The van der Waals surface area contributed by atoms with Gasteiger partial charge in [0.15, 0.2) is 0 Å². The lowest BCUT2D eigenvalue weighted by atomic mass is 10.1. The molecule has 0 unspecified atom stereocenters. The number of hydrogen-bond donors (Lipinski definition) is 3. The molecule has 0 saturated heterocycles. The van der Waals surface area contributed by atoms with E-state index in [1.807, 2.05) is 19.1 Å². The number of nitrogens with zero attached hydrogens (tertiary/aromatic N) is 1. The van der Waals surface area contributed by atoms with Crippen LogP contribution in [0.25, 0.3) is 0 Å². The summed E-state index contributed by atoms with van der Waals surface area (Å²) in [6, 6.07) is 7.31. The maximum atomic E-state index is 11.9. The Balaban J connectivity index is 1.82. The maximum absolute atomic E-state index is 11.9. The minimum Gasteiger partial charge on any atom is -0.381 e. The third-order valence-corrected chi connectivity index (χ3v) is 3.21. The van der Waals surface area contributed by atoms with E-state index in [2.05, 4.69) is 20.8 Å². The van der Waals surface area contributed by atoms with Crippen LogP contribution >= 0.6 is 11.6 Å². The van der Waals surface area contributed by atoms with Crippen LogP contribution < -0.4 is 16.2 Å². The summed E-state index contributed by atoms with van der Waals surface area (Å²) in [7, 11) is 0. The Morgan fingerprint density at radius 1 is 1.29 bits per heavy atom. The van der Waals surface area contributed by atoms with E-state index in [9.17, 15) is 9.59 Å². The van der Waals surface area contributed by atoms with Gasteiger partial charge in [-0.15, -0.1) is 0 Å². The van der Waals surface area contributed by atoms with Crippen molar-refractivity contribution in [3.63, 3.8) is 0 Å². The van der Waals surface area contributed by atoms with Crippen molar-refractivity contribution < 1.29 is 4.79 Å². The number of halogens is 1. The van der Waals surface area contributed by atoms with Gasteiger partial charge < -0.3 is 10.6 Å². The van der Waals surface area contributed by atoms with Crippen LogP contribution in [0, 0.1) is 6.92 Å². The molecule has 1 aromatic heterocycles. The minimum absolute atomic E-state index is 0.0508. The lowest BCUT2D eigenvalue weighted by molar-refractivity contribution is 0.0955. The molecule has 7 heteroatoms. The quantitative estimate of drug-likeness (QED) is 0.732. The second-order valence-corrected chi connectivity index (χ2v) is 4.85. The van der Waals surface area contributed by atoms with Crippen LogP contribution in [-0.2, 0) is 0 Å². The van der Waals surface area contributed by atoms with Crippen LogP contribution in [0.15, 0.2) is 35.3 Å². The molecular weight excluding hydrogens is 292 g/mol. The van der Waals surface area contributed by atoms with Gasteiger partial charge in [-0.3, -0.25) is 9.59 Å². The van der Waals surface area contributed by atoms with Gasteiger partial charge in [-0.2, -0.15) is 5.10 Å². The summed E-state index contributed by atoms with van der Waals surface area (Å²) in [5.41, 5.74) is 1.69. The third kappa shape index (κ3) is 4.06. The molecule has 6 nitrogen and oxygen atoms in total. The van der Waals surface area contributed by atoms with Gasteiger partial charge in [0.1, 0.15) is 5.02 Å². The first-order chi connectivity index (χ1) is 10.1. The number of aryl methyl sites for hydroxylation is 1. The van der Waals surface area contributed by atoms with E-state index in [0.29, 0.717) is 24.3 Å². The number of hydrogen-bond acceptors (Lipinski definition) is 4. The summed E-state index contributed by atoms with van der Waals surface area (Å²) in [4.78, 5) is 23.1. The summed E-state index contributed by atoms with van der Waals surface area (Å²) in [5, 5.41) is 11.6. The van der Waals surface area contributed by atoms with Gasteiger partial charge in [0.25, 0.3) is 11.5 Å². The molecule has 110 valence electrons. The van der Waals surface area contributed by atoms with Crippen molar-refractivity contribution in [1.82, 2.24) is 15.5 Å². The fraction of sp³-hybridized carbons (Fsp3) is 0.214. The second kappa shape index (κ2) is 6.90. The zero-order valence-corrected chi connectivity index (χ0v) is 12.2. The van der Waals surface area contributed by atoms with Gasteiger partial charge in [0, 0.05) is 18.7 Å². The Labute approximate surface area is 126 Å². The van der Waals surface area contributed by atoms with Gasteiger partial charge in [-0.1, -0.05) is 29.3 Å². The summed E-state index contributed by atoms with van der Waals surface area (Å²) in [6.45, 7) is 2.79. The molecule has 0 aliphatic carbocycles. The molecule has 0 aliphatic rings. The number of amides is 1. The average Bonchev–Trinajstić information content (AvgIpc) is 2.48. The molecule has 0 spiro atoms. The van der Waals surface area contributed by atoms with E-state index in [4.69, 9.17) is 11.6 Å². The summed E-state index contributed by atoms with van der Waals surface area (Å²) in [6.07, 6.45) is 1.42. The van der Waals surface area contributed by atoms with Crippen LogP contribution in [0.4, 0.5) is 5.69 Å². The highest BCUT2D eigenvalue weighted by Gasteiger charge is 2.06. The lowest BCUT2D eigenvalue weighted by Gasteiger charge is -2.08. The van der Waals surface area contributed by atoms with Crippen molar-refractivity contribution >= 4 is 23.2 Å². The Bertz CT molecular complexity index is 682. The SMILES string of the molecule is Cc1ccc(C(=O)NCCNc2cn[nH]c(=O)c2Cl)cc1. The van der Waals surface area contributed by atoms with Crippen molar-refractivity contribution in [3.8, 4) is 0 Å². The first-order valence-electron chi connectivity index (χ1n) is 6.40. The molecule has 0 saturated carbocycles. The number of aromatic nitrogens is 2. The normalized spacial score (nSPS) is 10.2. The Morgan fingerprint density at radius 2 is 2.00 bits per heavy atom. The zero-order valence-electron chi connectivity index (χ0n) is 11.4. The van der Waals surface area contributed by atoms with Crippen molar-refractivity contribution in [2.75, 3.05) is 18.4 Å². The molecule has 2 rings (SSSR count). The van der Waals surface area contributed by atoms with E-state index in [0.717, 1.165) is 5.56 Å². The number of carbonyl (C=O) groups is 1. The van der Waals surface area contributed by atoms with Gasteiger partial charge in [0.2, 0.25) is 0 Å². The summed E-state index contributed by atoms with van der Waals surface area (Å²) >= 11 is 5.81. The van der Waals surface area contributed by atoms with Crippen molar-refractivity contribution in [3.05, 3.63) is 57.0 Å². The Kier molecular flexibility index (Phi) is 4.94. The number of H-pyrrole nitrogens is 1. The van der Waals surface area contributed by atoms with E-state index >= 15 is 0 Å². The fourth-order valence-electron chi connectivity index (χ4n) is 1.69. The second-order valence-electron chi connectivity index (χ2n) is 4.48. The molecule has 1 heterocycles. The molecule has 1 aromatic carbocycles. The van der Waals surface area contributed by atoms with Crippen molar-refractivity contribution in [2.45, 2.75) is 6.92 Å². The number of benzene rings is 1. The van der Waals surface area contributed by atoms with E-state index < -0.39 is 5.56 Å². The van der Waals surface area contributed by atoms with Gasteiger partial charge >= 0.3 is 0 Å². The molecule has 0 radical (unpaired) electrons. The highest BCUT2D eigenvalue weighted by atomic mass is 35.5. The summed E-state index contributed by atoms with van der Waals surface area (Å²) in [5.74, 6) is -0.146. The smallest absolute Gasteiger partial charge is 0.285 e. The zero-order chi connectivity index (χ0) is 15.2. The van der Waals surface area contributed by atoms with Gasteiger partial charge in [-0.05, 0) is 19.1 Å². The molecule has 3 N–H and O–H groups in total. The molecular formula is C14H15ClN4O2. The van der Waals surface area contributed by atoms with Gasteiger partial charge in [-0.25, -0.2) is 5.10 Å². The number of nitrogens with one attached hydrogen (secondary N) is 3. The number of carbonyl (C=O) groups excluding carboxylic acids is 1. The lowest BCUT2D eigenvalue weighted by Crippen LogP contribution is -2.29. The van der Waals surface area contributed by atoms with E-state index in [-0.39, 0.29) is 10.9 Å². The first kappa shape index (κ1) is 15.1. The Morgan fingerprint density at radius 3 is 2.71 bits per heavy atom. The molecule has 0 fully saturated rings. The number of aromatic amines is 1. The minimum atomic E-state index is -0.453. The number of rotatable bonds is 5. The monoisotopic (exact) mass is 306 g/mol. The highest BCUT2D eigenvalue weighted by Crippen LogP contribution is 2.13. The van der Waals surface area contributed by atoms with Crippen molar-refractivity contribution in [1.29, 1.82) is 0 Å². The molecule has 0 aliphatic heterocycles.